The summed E-state index contributed by atoms with van der Waals surface area (Å²) >= 11 is 0. The van der Waals surface area contributed by atoms with E-state index in [2.05, 4.69) is 21.6 Å². The molecule has 2 amide bonds. The fourth-order valence-corrected chi connectivity index (χ4v) is 5.18. The van der Waals surface area contributed by atoms with Crippen molar-refractivity contribution in [2.24, 2.45) is 5.41 Å². The van der Waals surface area contributed by atoms with Gasteiger partial charge in [-0.2, -0.15) is 0 Å². The summed E-state index contributed by atoms with van der Waals surface area (Å²) in [6.45, 7) is 2.62. The van der Waals surface area contributed by atoms with Crippen LogP contribution in [0.3, 0.4) is 0 Å². The standard InChI is InChI=1S/C28H37N3O5/c1-34-22-10-11-25(35-2)23(19-22)30-26(32)20-31-16-13-28(14-17-31)12-6-5-8-21-7-3-4-9-24(21)36-18-15-29-27(28)33/h3-4,7,9-11,19H,5-6,8,12-18,20H2,1-2H3,(H,29,33)(H,30,32). The van der Waals surface area contributed by atoms with E-state index >= 15 is 0 Å². The number of para-hydroxylation sites is 1. The highest BCUT2D eigenvalue weighted by atomic mass is 16.5. The molecule has 0 radical (unpaired) electrons. The molecular weight excluding hydrogens is 458 g/mol. The van der Waals surface area contributed by atoms with Gasteiger partial charge in [0.15, 0.2) is 0 Å². The second-order valence-electron chi connectivity index (χ2n) is 9.59. The highest BCUT2D eigenvalue weighted by Gasteiger charge is 2.41. The first kappa shape index (κ1) is 25.8. The number of amides is 2. The maximum absolute atomic E-state index is 13.3. The topological polar surface area (TPSA) is 89.1 Å². The van der Waals surface area contributed by atoms with Crippen molar-refractivity contribution in [3.05, 3.63) is 48.0 Å². The Kier molecular flexibility index (Phi) is 8.70. The van der Waals surface area contributed by atoms with E-state index in [4.69, 9.17) is 14.2 Å². The second-order valence-corrected chi connectivity index (χ2v) is 9.59. The largest absolute Gasteiger partial charge is 0.497 e. The zero-order valence-corrected chi connectivity index (χ0v) is 21.3. The van der Waals surface area contributed by atoms with Crippen LogP contribution in [0.1, 0.15) is 37.7 Å². The van der Waals surface area contributed by atoms with E-state index in [0.29, 0.717) is 43.4 Å². The maximum Gasteiger partial charge on any atom is 0.238 e. The Balaban J connectivity index is 1.33. The SMILES string of the molecule is COc1ccc(OC)c(NC(=O)CN2CCC3(CCCCc4ccccc4OCCNC3=O)CC2)c1. The number of anilines is 1. The van der Waals surface area contributed by atoms with E-state index in [0.717, 1.165) is 44.3 Å². The summed E-state index contributed by atoms with van der Waals surface area (Å²) in [5.74, 6) is 2.15. The van der Waals surface area contributed by atoms with Gasteiger partial charge in [-0.25, -0.2) is 0 Å². The van der Waals surface area contributed by atoms with Crippen LogP contribution < -0.4 is 24.8 Å². The Hall–Kier alpha value is -3.26. The van der Waals surface area contributed by atoms with E-state index in [9.17, 15) is 9.59 Å². The number of aryl methyl sites for hydroxylation is 1. The number of carbonyl (C=O) groups is 2. The molecule has 8 heteroatoms. The molecule has 2 N–H and O–H groups in total. The van der Waals surface area contributed by atoms with Crippen molar-refractivity contribution in [1.82, 2.24) is 10.2 Å². The van der Waals surface area contributed by atoms with Gasteiger partial charge in [0.05, 0.1) is 38.4 Å². The molecule has 2 aromatic carbocycles. The number of hydrogen-bond donors (Lipinski definition) is 2. The molecular formula is C28H37N3O5. The molecule has 1 spiro atoms. The molecule has 1 fully saturated rings. The number of methoxy groups -OCH3 is 2. The van der Waals surface area contributed by atoms with Gasteiger partial charge < -0.3 is 24.8 Å². The lowest BCUT2D eigenvalue weighted by molar-refractivity contribution is -0.135. The lowest BCUT2D eigenvalue weighted by Gasteiger charge is -2.40. The number of piperidine rings is 1. The molecule has 8 nitrogen and oxygen atoms in total. The van der Waals surface area contributed by atoms with E-state index in [1.807, 2.05) is 18.2 Å². The Labute approximate surface area is 213 Å². The zero-order chi connectivity index (χ0) is 25.4. The quantitative estimate of drug-likeness (QED) is 0.658. The van der Waals surface area contributed by atoms with E-state index in [1.54, 1.807) is 32.4 Å². The normalized spacial score (nSPS) is 18.6. The summed E-state index contributed by atoms with van der Waals surface area (Å²) < 4.78 is 16.6. The molecule has 36 heavy (non-hydrogen) atoms. The summed E-state index contributed by atoms with van der Waals surface area (Å²) in [4.78, 5) is 28.2. The minimum Gasteiger partial charge on any atom is -0.497 e. The first-order valence-electron chi connectivity index (χ1n) is 12.8. The van der Waals surface area contributed by atoms with Gasteiger partial charge in [-0.15, -0.1) is 0 Å². The van der Waals surface area contributed by atoms with Crippen molar-refractivity contribution >= 4 is 17.5 Å². The van der Waals surface area contributed by atoms with Gasteiger partial charge in [0.2, 0.25) is 11.8 Å². The van der Waals surface area contributed by atoms with Crippen LogP contribution in [0.4, 0.5) is 5.69 Å². The molecule has 1 saturated heterocycles. The number of nitrogens with zero attached hydrogens (tertiary/aromatic N) is 1. The average molecular weight is 496 g/mol. The molecule has 194 valence electrons. The average Bonchev–Trinajstić information content (AvgIpc) is 2.90. The zero-order valence-electron chi connectivity index (χ0n) is 21.3. The lowest BCUT2D eigenvalue weighted by atomic mass is 9.73. The summed E-state index contributed by atoms with van der Waals surface area (Å²) in [5.41, 5.74) is 1.42. The van der Waals surface area contributed by atoms with Crippen molar-refractivity contribution in [3.8, 4) is 17.2 Å². The molecule has 2 heterocycles. The highest BCUT2D eigenvalue weighted by Crippen LogP contribution is 2.38. The lowest BCUT2D eigenvalue weighted by Crippen LogP contribution is -2.50. The molecule has 4 rings (SSSR count). The Morgan fingerprint density at radius 2 is 1.89 bits per heavy atom. The van der Waals surface area contributed by atoms with Crippen molar-refractivity contribution < 1.29 is 23.8 Å². The van der Waals surface area contributed by atoms with Crippen LogP contribution >= 0.6 is 0 Å². The van der Waals surface area contributed by atoms with Crippen LogP contribution in [0.5, 0.6) is 17.2 Å². The molecule has 0 atom stereocenters. The van der Waals surface area contributed by atoms with E-state index in [-0.39, 0.29) is 23.8 Å². The van der Waals surface area contributed by atoms with Crippen LogP contribution in [0.2, 0.25) is 0 Å². The predicted molar refractivity (Wildman–Crippen MR) is 139 cm³/mol. The molecule has 0 unspecified atom stereocenters. The fourth-order valence-electron chi connectivity index (χ4n) is 5.18. The van der Waals surface area contributed by atoms with Crippen LogP contribution in [-0.2, 0) is 16.0 Å². The van der Waals surface area contributed by atoms with E-state index in [1.165, 1.54) is 5.56 Å². The highest BCUT2D eigenvalue weighted by molar-refractivity contribution is 5.94. The molecule has 0 aliphatic carbocycles. The van der Waals surface area contributed by atoms with Gasteiger partial charge in [-0.1, -0.05) is 24.6 Å². The molecule has 2 aliphatic heterocycles. The third kappa shape index (κ3) is 6.29. The number of rotatable bonds is 5. The predicted octanol–water partition coefficient (Wildman–Crippen LogP) is 3.65. The minimum atomic E-state index is -0.387. The van der Waals surface area contributed by atoms with Crippen molar-refractivity contribution in [2.45, 2.75) is 38.5 Å². The number of carbonyl (C=O) groups excluding carboxylic acids is 2. The van der Waals surface area contributed by atoms with Gasteiger partial charge in [0.25, 0.3) is 0 Å². The molecule has 0 aromatic heterocycles. The van der Waals surface area contributed by atoms with Crippen molar-refractivity contribution in [1.29, 1.82) is 0 Å². The minimum absolute atomic E-state index is 0.114. The van der Waals surface area contributed by atoms with Crippen LogP contribution in [-0.4, -0.2) is 63.7 Å². The smallest absolute Gasteiger partial charge is 0.238 e. The summed E-state index contributed by atoms with van der Waals surface area (Å²) in [6, 6.07) is 13.5. The Morgan fingerprint density at radius 3 is 2.67 bits per heavy atom. The van der Waals surface area contributed by atoms with Crippen LogP contribution in [0, 0.1) is 5.41 Å². The summed E-state index contributed by atoms with van der Waals surface area (Å²) in [7, 11) is 3.15. The van der Waals surface area contributed by atoms with Gasteiger partial charge in [0, 0.05) is 6.07 Å². The number of ether oxygens (including phenoxy) is 3. The number of hydrogen-bond acceptors (Lipinski definition) is 6. The van der Waals surface area contributed by atoms with E-state index < -0.39 is 0 Å². The maximum atomic E-state index is 13.3. The number of benzene rings is 2. The monoisotopic (exact) mass is 495 g/mol. The number of likely N-dealkylation sites (tertiary alicyclic amines) is 1. The first-order chi connectivity index (χ1) is 17.5. The molecule has 0 bridgehead atoms. The number of fused-ring (bicyclic) bond motifs is 1. The Bertz CT molecular complexity index is 1050. The summed E-state index contributed by atoms with van der Waals surface area (Å²) in [6.07, 6.45) is 5.30. The van der Waals surface area contributed by atoms with Crippen LogP contribution in [0.25, 0.3) is 0 Å². The number of nitrogens with one attached hydrogen (secondary N) is 2. The summed E-state index contributed by atoms with van der Waals surface area (Å²) in [5, 5.41) is 6.06. The van der Waals surface area contributed by atoms with Crippen LogP contribution in [0.15, 0.2) is 42.5 Å². The third-order valence-electron chi connectivity index (χ3n) is 7.31. The Morgan fingerprint density at radius 1 is 1.08 bits per heavy atom. The second kappa shape index (κ2) is 12.1. The van der Waals surface area contributed by atoms with Gasteiger partial charge in [-0.05, 0) is 69.0 Å². The first-order valence-corrected chi connectivity index (χ1v) is 12.8. The van der Waals surface area contributed by atoms with Gasteiger partial charge >= 0.3 is 0 Å². The van der Waals surface area contributed by atoms with Crippen molar-refractivity contribution in [2.75, 3.05) is 52.3 Å². The molecule has 2 aliphatic rings. The molecule has 0 saturated carbocycles. The van der Waals surface area contributed by atoms with Gasteiger partial charge in [0.1, 0.15) is 23.9 Å². The molecule has 2 aromatic rings. The third-order valence-corrected chi connectivity index (χ3v) is 7.31. The van der Waals surface area contributed by atoms with Gasteiger partial charge in [-0.3, -0.25) is 14.5 Å². The fraction of sp³-hybridized carbons (Fsp3) is 0.500. The van der Waals surface area contributed by atoms with Crippen molar-refractivity contribution in [3.63, 3.8) is 0 Å².